The van der Waals surface area contributed by atoms with Gasteiger partial charge in [-0.05, 0) is 24.8 Å². The van der Waals surface area contributed by atoms with E-state index in [-0.39, 0.29) is 30.1 Å². The largest absolute Gasteiger partial charge is 0.481 e. The van der Waals surface area contributed by atoms with Crippen LogP contribution in [0.25, 0.3) is 0 Å². The molecule has 3 fully saturated rings. The van der Waals surface area contributed by atoms with E-state index in [1.54, 1.807) is 0 Å². The topological polar surface area (TPSA) is 99.9 Å². The van der Waals surface area contributed by atoms with Crippen LogP contribution in [0.4, 0.5) is 4.79 Å². The number of aromatic nitrogens is 2. The number of hydrogen-bond donors (Lipinski definition) is 2. The minimum Gasteiger partial charge on any atom is -0.481 e. The maximum Gasteiger partial charge on any atom is 0.320 e. The molecule has 1 saturated carbocycles. The van der Waals surface area contributed by atoms with Gasteiger partial charge in [-0.25, -0.2) is 9.78 Å². The van der Waals surface area contributed by atoms with E-state index in [4.69, 9.17) is 4.74 Å². The van der Waals surface area contributed by atoms with Gasteiger partial charge in [-0.15, -0.1) is 0 Å². The van der Waals surface area contributed by atoms with Crippen molar-refractivity contribution in [1.29, 1.82) is 0 Å². The number of ether oxygens (including phenoxy) is 1. The smallest absolute Gasteiger partial charge is 0.320 e. The summed E-state index contributed by atoms with van der Waals surface area (Å²) in [6.45, 7) is 3.29. The molecule has 2 saturated heterocycles. The number of rotatable bonds is 4. The van der Waals surface area contributed by atoms with E-state index in [9.17, 15) is 14.7 Å². The van der Waals surface area contributed by atoms with Crippen LogP contribution in [0.3, 0.4) is 0 Å². The van der Waals surface area contributed by atoms with Gasteiger partial charge in [-0.3, -0.25) is 9.36 Å². The SMILES string of the molecule is COc1cc(=O)n(C[C@]2(O)CCN(C(=O)N3CCNC[C@H]3c3ccccc3)CC23CCCC3)cn1. The summed E-state index contributed by atoms with van der Waals surface area (Å²) >= 11 is 0. The van der Waals surface area contributed by atoms with Crippen LogP contribution in [0.5, 0.6) is 5.88 Å². The van der Waals surface area contributed by atoms with Crippen molar-refractivity contribution in [2.75, 3.05) is 39.8 Å². The zero-order valence-electron chi connectivity index (χ0n) is 20.4. The Hall–Kier alpha value is -2.91. The van der Waals surface area contributed by atoms with Gasteiger partial charge in [0, 0.05) is 38.1 Å². The molecule has 1 aliphatic carbocycles. The highest BCUT2D eigenvalue weighted by atomic mass is 16.5. The second-order valence-electron chi connectivity index (χ2n) is 10.2. The predicted octanol–water partition coefficient (Wildman–Crippen LogP) is 2.02. The van der Waals surface area contributed by atoms with Gasteiger partial charge in [0.1, 0.15) is 6.33 Å². The van der Waals surface area contributed by atoms with Crippen LogP contribution < -0.4 is 15.6 Å². The monoisotopic (exact) mass is 481 g/mol. The molecule has 188 valence electrons. The molecule has 9 nitrogen and oxygen atoms in total. The molecule has 35 heavy (non-hydrogen) atoms. The summed E-state index contributed by atoms with van der Waals surface area (Å²) in [5.41, 5.74) is -0.633. The van der Waals surface area contributed by atoms with Gasteiger partial charge >= 0.3 is 6.03 Å². The maximum atomic E-state index is 13.8. The number of benzene rings is 1. The van der Waals surface area contributed by atoms with Gasteiger partial charge in [0.2, 0.25) is 5.88 Å². The van der Waals surface area contributed by atoms with Gasteiger partial charge in [0.15, 0.2) is 0 Å². The van der Waals surface area contributed by atoms with Gasteiger partial charge < -0.3 is 25.0 Å². The van der Waals surface area contributed by atoms with Crippen LogP contribution in [0.15, 0.2) is 47.5 Å². The fourth-order valence-corrected chi connectivity index (χ4v) is 6.27. The second kappa shape index (κ2) is 9.62. The van der Waals surface area contributed by atoms with Crippen LogP contribution in [0.2, 0.25) is 0 Å². The summed E-state index contributed by atoms with van der Waals surface area (Å²) in [6.07, 6.45) is 5.59. The first-order valence-electron chi connectivity index (χ1n) is 12.6. The highest BCUT2D eigenvalue weighted by Gasteiger charge is 2.56. The van der Waals surface area contributed by atoms with E-state index < -0.39 is 11.0 Å². The van der Waals surface area contributed by atoms with Gasteiger partial charge in [-0.1, -0.05) is 43.2 Å². The molecule has 2 aliphatic heterocycles. The summed E-state index contributed by atoms with van der Waals surface area (Å²) in [6, 6.07) is 11.5. The van der Waals surface area contributed by atoms with E-state index in [1.165, 1.54) is 24.1 Å². The number of urea groups is 1. The number of carbonyl (C=O) groups is 1. The molecule has 0 bridgehead atoms. The van der Waals surface area contributed by atoms with Gasteiger partial charge in [0.05, 0.1) is 31.4 Å². The van der Waals surface area contributed by atoms with E-state index >= 15 is 0 Å². The molecule has 0 radical (unpaired) electrons. The first-order valence-corrected chi connectivity index (χ1v) is 12.6. The number of likely N-dealkylation sites (tertiary alicyclic amines) is 1. The Morgan fingerprint density at radius 2 is 1.97 bits per heavy atom. The number of piperazine rings is 1. The van der Waals surface area contributed by atoms with Crippen molar-refractivity contribution < 1.29 is 14.6 Å². The molecule has 1 aromatic heterocycles. The van der Waals surface area contributed by atoms with E-state index in [0.717, 1.165) is 44.3 Å². The highest BCUT2D eigenvalue weighted by Crippen LogP contribution is 2.51. The average molecular weight is 482 g/mol. The Morgan fingerprint density at radius 3 is 2.69 bits per heavy atom. The van der Waals surface area contributed by atoms with Crippen LogP contribution in [-0.2, 0) is 6.54 Å². The molecular weight excluding hydrogens is 446 g/mol. The molecule has 2 atom stereocenters. The second-order valence-corrected chi connectivity index (χ2v) is 10.2. The lowest BCUT2D eigenvalue weighted by atomic mass is 9.66. The predicted molar refractivity (Wildman–Crippen MR) is 131 cm³/mol. The van der Waals surface area contributed by atoms with Crippen molar-refractivity contribution >= 4 is 6.03 Å². The normalized spacial score (nSPS) is 26.2. The lowest BCUT2D eigenvalue weighted by molar-refractivity contribution is -0.137. The summed E-state index contributed by atoms with van der Waals surface area (Å²) in [5, 5.41) is 15.4. The highest BCUT2D eigenvalue weighted by molar-refractivity contribution is 5.75. The first kappa shape index (κ1) is 23.8. The Labute approximate surface area is 205 Å². The molecule has 2 N–H and O–H groups in total. The molecule has 3 aliphatic rings. The summed E-state index contributed by atoms with van der Waals surface area (Å²) in [4.78, 5) is 34.5. The third-order valence-corrected chi connectivity index (χ3v) is 8.28. The molecule has 1 spiro atoms. The quantitative estimate of drug-likeness (QED) is 0.693. The number of carbonyl (C=O) groups excluding carboxylic acids is 1. The molecule has 3 heterocycles. The van der Waals surface area contributed by atoms with Gasteiger partial charge in [0.25, 0.3) is 5.56 Å². The average Bonchev–Trinajstić information content (AvgIpc) is 3.37. The fourth-order valence-electron chi connectivity index (χ4n) is 6.27. The zero-order chi connectivity index (χ0) is 24.5. The van der Waals surface area contributed by atoms with Crippen LogP contribution in [0, 0.1) is 5.41 Å². The number of hydrogen-bond acceptors (Lipinski definition) is 6. The first-order chi connectivity index (χ1) is 16.9. The number of methoxy groups -OCH3 is 1. The molecule has 2 aromatic rings. The van der Waals surface area contributed by atoms with Crippen molar-refractivity contribution in [1.82, 2.24) is 24.7 Å². The Balaban J connectivity index is 1.37. The summed E-state index contributed by atoms with van der Waals surface area (Å²) in [7, 11) is 1.47. The lowest BCUT2D eigenvalue weighted by Crippen LogP contribution is -2.64. The number of nitrogens with zero attached hydrogens (tertiary/aromatic N) is 4. The minimum absolute atomic E-state index is 0.0123. The van der Waals surface area contributed by atoms with E-state index in [0.29, 0.717) is 26.1 Å². The number of piperidine rings is 1. The van der Waals surface area contributed by atoms with Crippen molar-refractivity contribution in [2.45, 2.75) is 50.3 Å². The third kappa shape index (κ3) is 4.43. The fraction of sp³-hybridized carbons (Fsp3) is 0.577. The number of nitrogens with one attached hydrogen (secondary N) is 1. The standard InChI is InChI=1S/C26H35N5O4/c1-35-22-15-23(32)30(19-28-22)18-26(34)11-13-29(17-25(26)9-5-6-10-25)24(33)31-14-12-27-16-21(31)20-7-3-2-4-8-20/h2-4,7-8,15,19,21,27,34H,5-6,9-14,16-18H2,1H3/t21-,26+/m0/s1. The minimum atomic E-state index is -1.08. The molecule has 0 unspecified atom stereocenters. The summed E-state index contributed by atoms with van der Waals surface area (Å²) in [5.74, 6) is 0.262. The van der Waals surface area contributed by atoms with E-state index in [1.807, 2.05) is 28.0 Å². The van der Waals surface area contributed by atoms with Crippen molar-refractivity contribution in [3.63, 3.8) is 0 Å². The van der Waals surface area contributed by atoms with Crippen molar-refractivity contribution in [3.8, 4) is 5.88 Å². The molecular formula is C26H35N5O4. The molecule has 1 aromatic carbocycles. The maximum absolute atomic E-state index is 13.8. The summed E-state index contributed by atoms with van der Waals surface area (Å²) < 4.78 is 6.53. The Kier molecular flexibility index (Phi) is 6.55. The van der Waals surface area contributed by atoms with Crippen LogP contribution in [0.1, 0.15) is 43.7 Å². The molecule has 9 heteroatoms. The molecule has 5 rings (SSSR count). The zero-order valence-corrected chi connectivity index (χ0v) is 20.4. The Morgan fingerprint density at radius 1 is 1.20 bits per heavy atom. The van der Waals surface area contributed by atoms with Crippen LogP contribution in [-0.4, -0.2) is 75.9 Å². The number of amides is 2. The lowest BCUT2D eigenvalue weighted by Gasteiger charge is -2.53. The van der Waals surface area contributed by atoms with Crippen molar-refractivity contribution in [3.05, 3.63) is 58.6 Å². The van der Waals surface area contributed by atoms with E-state index in [2.05, 4.69) is 22.4 Å². The van der Waals surface area contributed by atoms with Crippen molar-refractivity contribution in [2.24, 2.45) is 5.41 Å². The van der Waals surface area contributed by atoms with Gasteiger partial charge in [-0.2, -0.15) is 0 Å². The number of aliphatic hydroxyl groups is 1. The Bertz CT molecular complexity index is 1100. The van der Waals surface area contributed by atoms with Crippen LogP contribution >= 0.6 is 0 Å². The molecule has 2 amide bonds. The third-order valence-electron chi connectivity index (χ3n) is 8.28.